The van der Waals surface area contributed by atoms with E-state index >= 15 is 0 Å². The van der Waals surface area contributed by atoms with Gasteiger partial charge in [-0.2, -0.15) is 0 Å². The number of methoxy groups -OCH3 is 2. The van der Waals surface area contributed by atoms with Crippen molar-refractivity contribution in [2.45, 2.75) is 0 Å². The van der Waals surface area contributed by atoms with Gasteiger partial charge in [0.1, 0.15) is 22.2 Å². The fourth-order valence-electron chi connectivity index (χ4n) is 3.38. The van der Waals surface area contributed by atoms with E-state index in [1.165, 1.54) is 14.2 Å². The fraction of sp³-hybridized carbons (Fsp3) is 0.0800. The minimum Gasteiger partial charge on any atom is -0.497 e. The maximum absolute atomic E-state index is 12.8. The van der Waals surface area contributed by atoms with Crippen LogP contribution in [0.15, 0.2) is 83.5 Å². The second-order valence-electron chi connectivity index (χ2n) is 7.19. The van der Waals surface area contributed by atoms with Crippen molar-refractivity contribution in [1.29, 1.82) is 0 Å². The summed E-state index contributed by atoms with van der Waals surface area (Å²) in [6.07, 6.45) is 0. The molecule has 2 N–H and O–H groups in total. The molecule has 1 aliphatic heterocycles. The van der Waals surface area contributed by atoms with Gasteiger partial charge in [-0.05, 0) is 48.5 Å². The van der Waals surface area contributed by atoms with Gasteiger partial charge in [0.2, 0.25) is 0 Å². The molecule has 8 nitrogen and oxygen atoms in total. The fourth-order valence-corrected chi connectivity index (χ4v) is 3.59. The molecule has 34 heavy (non-hydrogen) atoms. The molecule has 0 fully saturated rings. The number of imide groups is 1. The van der Waals surface area contributed by atoms with Crippen LogP contribution in [0.4, 0.5) is 17.1 Å². The Balaban J connectivity index is 1.49. The van der Waals surface area contributed by atoms with Gasteiger partial charge in [0, 0.05) is 17.3 Å². The lowest BCUT2D eigenvalue weighted by molar-refractivity contribution is -0.120. The topological polar surface area (TPSA) is 97.0 Å². The van der Waals surface area contributed by atoms with Crippen LogP contribution >= 0.6 is 11.6 Å². The van der Waals surface area contributed by atoms with Crippen LogP contribution in [-0.4, -0.2) is 31.9 Å². The van der Waals surface area contributed by atoms with E-state index in [1.807, 2.05) is 0 Å². The number of anilines is 3. The lowest BCUT2D eigenvalue weighted by atomic mass is 10.1. The first kappa shape index (κ1) is 22.9. The molecule has 0 aromatic heterocycles. The summed E-state index contributed by atoms with van der Waals surface area (Å²) in [5, 5.41) is 5.47. The summed E-state index contributed by atoms with van der Waals surface area (Å²) in [5.41, 5.74) is 1.71. The van der Waals surface area contributed by atoms with Gasteiger partial charge in [-0.25, -0.2) is 4.90 Å². The minimum absolute atomic E-state index is 0.0335. The van der Waals surface area contributed by atoms with E-state index in [-0.39, 0.29) is 16.6 Å². The van der Waals surface area contributed by atoms with Gasteiger partial charge in [0.25, 0.3) is 17.7 Å². The van der Waals surface area contributed by atoms with E-state index in [0.717, 1.165) is 4.90 Å². The number of ether oxygens (including phenoxy) is 2. The second kappa shape index (κ2) is 9.68. The van der Waals surface area contributed by atoms with Crippen molar-refractivity contribution >= 4 is 46.4 Å². The number of carbonyl (C=O) groups is 3. The number of nitrogens with zero attached hydrogens (tertiary/aromatic N) is 1. The van der Waals surface area contributed by atoms with Crippen LogP contribution in [0.5, 0.6) is 11.5 Å². The van der Waals surface area contributed by atoms with Gasteiger partial charge in [-0.3, -0.25) is 14.4 Å². The largest absolute Gasteiger partial charge is 0.497 e. The summed E-state index contributed by atoms with van der Waals surface area (Å²) in [7, 11) is 3.04. The van der Waals surface area contributed by atoms with Gasteiger partial charge < -0.3 is 20.1 Å². The third-order valence-electron chi connectivity index (χ3n) is 5.11. The number of rotatable bonds is 7. The van der Waals surface area contributed by atoms with Gasteiger partial charge in [0.05, 0.1) is 25.6 Å². The van der Waals surface area contributed by atoms with Crippen LogP contribution in [0.25, 0.3) is 0 Å². The van der Waals surface area contributed by atoms with Crippen molar-refractivity contribution in [3.63, 3.8) is 0 Å². The van der Waals surface area contributed by atoms with E-state index in [4.69, 9.17) is 21.1 Å². The van der Waals surface area contributed by atoms with Crippen LogP contribution < -0.4 is 25.0 Å². The predicted molar refractivity (Wildman–Crippen MR) is 129 cm³/mol. The molecule has 4 rings (SSSR count). The molecule has 0 saturated carbocycles. The Morgan fingerprint density at radius 3 is 2.24 bits per heavy atom. The number of para-hydroxylation sites is 1. The average Bonchev–Trinajstić information content (AvgIpc) is 3.07. The van der Waals surface area contributed by atoms with E-state index in [0.29, 0.717) is 34.1 Å². The maximum atomic E-state index is 12.8. The first-order valence-electron chi connectivity index (χ1n) is 10.2. The van der Waals surface area contributed by atoms with E-state index < -0.39 is 11.8 Å². The summed E-state index contributed by atoms with van der Waals surface area (Å²) in [4.78, 5) is 39.1. The zero-order valence-electron chi connectivity index (χ0n) is 18.3. The van der Waals surface area contributed by atoms with Gasteiger partial charge >= 0.3 is 0 Å². The number of benzene rings is 3. The molecular formula is C25H20ClN3O5. The first-order valence-corrected chi connectivity index (χ1v) is 10.5. The minimum atomic E-state index is -0.608. The van der Waals surface area contributed by atoms with Crippen molar-refractivity contribution in [3.8, 4) is 11.5 Å². The smallest absolute Gasteiger partial charge is 0.283 e. The maximum Gasteiger partial charge on any atom is 0.283 e. The Morgan fingerprint density at radius 1 is 0.882 bits per heavy atom. The number of hydrogen-bond acceptors (Lipinski definition) is 6. The Morgan fingerprint density at radius 2 is 1.59 bits per heavy atom. The molecule has 3 aromatic rings. The monoisotopic (exact) mass is 477 g/mol. The molecule has 172 valence electrons. The van der Waals surface area contributed by atoms with Gasteiger partial charge in [-0.15, -0.1) is 0 Å². The molecule has 0 bridgehead atoms. The molecule has 0 saturated heterocycles. The highest BCUT2D eigenvalue weighted by Crippen LogP contribution is 2.31. The van der Waals surface area contributed by atoms with Crippen molar-refractivity contribution in [2.24, 2.45) is 0 Å². The Kier molecular flexibility index (Phi) is 6.51. The summed E-state index contributed by atoms with van der Waals surface area (Å²) in [6, 6.07) is 20.0. The van der Waals surface area contributed by atoms with Crippen molar-refractivity contribution < 1.29 is 23.9 Å². The van der Waals surface area contributed by atoms with Gasteiger partial charge in [-0.1, -0.05) is 29.8 Å². The SMILES string of the molecule is COc1ccc(OC)c(NC(=O)c2ccc(NC3=C(Cl)C(=O)N(c4ccccc4)C3=O)cc2)c1. The van der Waals surface area contributed by atoms with Crippen molar-refractivity contribution in [1.82, 2.24) is 0 Å². The molecule has 3 amide bonds. The quantitative estimate of drug-likeness (QED) is 0.490. The molecule has 1 heterocycles. The third-order valence-corrected chi connectivity index (χ3v) is 5.46. The number of nitrogens with one attached hydrogen (secondary N) is 2. The molecule has 0 spiro atoms. The zero-order chi connectivity index (χ0) is 24.2. The molecule has 0 aliphatic carbocycles. The van der Waals surface area contributed by atoms with Gasteiger partial charge in [0.15, 0.2) is 0 Å². The molecule has 0 atom stereocenters. The lowest BCUT2D eigenvalue weighted by Crippen LogP contribution is -2.32. The van der Waals surface area contributed by atoms with Crippen LogP contribution in [0.3, 0.4) is 0 Å². The number of amides is 3. The highest BCUT2D eigenvalue weighted by atomic mass is 35.5. The molecular weight excluding hydrogens is 458 g/mol. The number of carbonyl (C=O) groups excluding carboxylic acids is 3. The highest BCUT2D eigenvalue weighted by Gasteiger charge is 2.38. The van der Waals surface area contributed by atoms with Crippen molar-refractivity contribution in [2.75, 3.05) is 29.8 Å². The Labute approximate surface area is 200 Å². The van der Waals surface area contributed by atoms with Crippen LogP contribution in [0, 0.1) is 0 Å². The third kappa shape index (κ3) is 4.44. The Bertz CT molecular complexity index is 1290. The zero-order valence-corrected chi connectivity index (χ0v) is 19.1. The molecule has 3 aromatic carbocycles. The lowest BCUT2D eigenvalue weighted by Gasteiger charge is -2.15. The second-order valence-corrected chi connectivity index (χ2v) is 7.57. The molecule has 9 heteroatoms. The van der Waals surface area contributed by atoms with Crippen LogP contribution in [-0.2, 0) is 9.59 Å². The number of halogens is 1. The summed E-state index contributed by atoms with van der Waals surface area (Å²) < 4.78 is 10.5. The summed E-state index contributed by atoms with van der Waals surface area (Å²) in [6.45, 7) is 0. The Hall–Kier alpha value is -4.30. The van der Waals surface area contributed by atoms with Crippen LogP contribution in [0.1, 0.15) is 10.4 Å². The molecule has 0 radical (unpaired) electrons. The van der Waals surface area contributed by atoms with E-state index in [1.54, 1.807) is 72.8 Å². The normalized spacial score (nSPS) is 13.2. The highest BCUT2D eigenvalue weighted by molar-refractivity contribution is 6.53. The van der Waals surface area contributed by atoms with E-state index in [9.17, 15) is 14.4 Å². The summed E-state index contributed by atoms with van der Waals surface area (Å²) >= 11 is 6.16. The molecule has 0 unspecified atom stereocenters. The standard InChI is InChI=1S/C25H20ClN3O5/c1-33-18-12-13-20(34-2)19(14-18)28-23(30)15-8-10-16(11-9-15)27-22-21(26)24(31)29(25(22)32)17-6-4-3-5-7-17/h3-14,27H,1-2H3,(H,28,30). The average molecular weight is 478 g/mol. The summed E-state index contributed by atoms with van der Waals surface area (Å²) in [5.74, 6) is -0.475. The number of hydrogen-bond donors (Lipinski definition) is 2. The van der Waals surface area contributed by atoms with E-state index in [2.05, 4.69) is 10.6 Å². The van der Waals surface area contributed by atoms with Crippen molar-refractivity contribution in [3.05, 3.63) is 89.1 Å². The molecule has 1 aliphatic rings. The van der Waals surface area contributed by atoms with Crippen LogP contribution in [0.2, 0.25) is 0 Å². The first-order chi connectivity index (χ1) is 16.4. The predicted octanol–water partition coefficient (Wildman–Crippen LogP) is 4.39.